The number of hydrogen-bond donors (Lipinski definition) is 0. The van der Waals surface area contributed by atoms with Crippen LogP contribution in [0, 0.1) is 6.92 Å². The van der Waals surface area contributed by atoms with Crippen molar-refractivity contribution in [2.45, 2.75) is 25.2 Å². The molecule has 0 amide bonds. The highest BCUT2D eigenvalue weighted by atomic mass is 32.2. The van der Waals surface area contributed by atoms with Gasteiger partial charge >= 0.3 is 0 Å². The van der Waals surface area contributed by atoms with Crippen molar-refractivity contribution < 1.29 is 18.0 Å². The van der Waals surface area contributed by atoms with Gasteiger partial charge in [-0.3, -0.25) is 4.79 Å². The smallest absolute Gasteiger partial charge is 0.243 e. The molecule has 6 heteroatoms. The first-order valence-corrected chi connectivity index (χ1v) is 7.99. The number of rotatable bonds is 8. The maximum atomic E-state index is 12.4. The molecule has 0 atom stereocenters. The predicted molar refractivity (Wildman–Crippen MR) is 80.4 cm³/mol. The maximum Gasteiger partial charge on any atom is 0.243 e. The minimum absolute atomic E-state index is 0.0988. The Kier molecular flexibility index (Phi) is 6.45. The summed E-state index contributed by atoms with van der Waals surface area (Å²) in [6.07, 6.45) is 3.92. The minimum Gasteiger partial charge on any atom is -0.302 e. The maximum absolute atomic E-state index is 12.4. The average molecular weight is 309 g/mol. The van der Waals surface area contributed by atoms with Crippen molar-refractivity contribution in [2.24, 2.45) is 0 Å². The van der Waals surface area contributed by atoms with E-state index in [0.29, 0.717) is 12.7 Å². The fourth-order valence-electron chi connectivity index (χ4n) is 1.72. The molecule has 0 aliphatic carbocycles. The summed E-state index contributed by atoms with van der Waals surface area (Å²) in [6, 6.07) is 6.46. The zero-order valence-electron chi connectivity index (χ0n) is 12.2. The summed E-state index contributed by atoms with van der Waals surface area (Å²) >= 11 is 0. The van der Waals surface area contributed by atoms with E-state index in [1.165, 1.54) is 25.1 Å². The molecule has 114 valence electrons. The van der Waals surface area contributed by atoms with Crippen LogP contribution in [0.3, 0.4) is 0 Å². The van der Waals surface area contributed by atoms with Crippen molar-refractivity contribution in [1.29, 1.82) is 0 Å². The Balaban J connectivity index is 2.89. The Bertz CT molecular complexity index is 618. The van der Waals surface area contributed by atoms with Crippen molar-refractivity contribution in [3.05, 3.63) is 42.0 Å². The number of ketones is 1. The molecular weight excluding hydrogens is 290 g/mol. The molecule has 0 aromatic heterocycles. The van der Waals surface area contributed by atoms with Gasteiger partial charge < -0.3 is 4.79 Å². The van der Waals surface area contributed by atoms with Crippen molar-refractivity contribution in [2.75, 3.05) is 13.1 Å². The number of sulfonamides is 1. The van der Waals surface area contributed by atoms with Gasteiger partial charge in [0.15, 0.2) is 5.78 Å². The second-order valence-corrected chi connectivity index (χ2v) is 6.58. The first-order chi connectivity index (χ1) is 9.87. The number of aldehydes is 1. The van der Waals surface area contributed by atoms with Crippen LogP contribution < -0.4 is 0 Å². The van der Waals surface area contributed by atoms with Gasteiger partial charge in [0.1, 0.15) is 6.29 Å². The quantitative estimate of drug-likeness (QED) is 0.541. The average Bonchev–Trinajstić information content (AvgIpc) is 2.42. The first kappa shape index (κ1) is 17.3. The van der Waals surface area contributed by atoms with Gasteiger partial charge in [-0.15, -0.1) is 0 Å². The van der Waals surface area contributed by atoms with Crippen LogP contribution in [-0.4, -0.2) is 37.9 Å². The monoisotopic (exact) mass is 309 g/mol. The van der Waals surface area contributed by atoms with Gasteiger partial charge in [0.05, 0.1) is 11.4 Å². The standard InChI is InChI=1S/C15H19NO4S/c1-13-6-8-15(9-7-13)21(19,20)16(11-12-17)10-4-3-5-14(2)18/h3,5-9,12H,4,10-11H2,1-2H3/b5-3+. The fraction of sp³-hybridized carbons (Fsp3) is 0.333. The third-order valence-electron chi connectivity index (χ3n) is 2.83. The van der Waals surface area contributed by atoms with Crippen LogP contribution in [0.25, 0.3) is 0 Å². The van der Waals surface area contributed by atoms with Gasteiger partial charge in [0, 0.05) is 6.54 Å². The molecule has 0 radical (unpaired) electrons. The molecule has 0 heterocycles. The zero-order valence-corrected chi connectivity index (χ0v) is 13.0. The molecule has 0 fully saturated rings. The molecule has 0 bridgehead atoms. The third kappa shape index (κ3) is 5.24. The van der Waals surface area contributed by atoms with E-state index in [2.05, 4.69) is 0 Å². The highest BCUT2D eigenvalue weighted by Gasteiger charge is 2.23. The van der Waals surface area contributed by atoms with Crippen LogP contribution in [0.1, 0.15) is 18.9 Å². The van der Waals surface area contributed by atoms with Gasteiger partial charge in [-0.1, -0.05) is 23.8 Å². The van der Waals surface area contributed by atoms with Crippen molar-refractivity contribution in [3.63, 3.8) is 0 Å². The molecular formula is C15H19NO4S. The summed E-state index contributed by atoms with van der Waals surface area (Å²) in [7, 11) is -3.70. The van der Waals surface area contributed by atoms with Crippen LogP contribution in [0.15, 0.2) is 41.3 Å². The predicted octanol–water partition coefficient (Wildman–Crippen LogP) is 1.72. The minimum atomic E-state index is -3.70. The molecule has 0 unspecified atom stereocenters. The number of allylic oxidation sites excluding steroid dienone is 1. The molecule has 0 aliphatic heterocycles. The van der Waals surface area contributed by atoms with Gasteiger partial charge in [-0.2, -0.15) is 4.31 Å². The molecule has 1 rings (SSSR count). The van der Waals surface area contributed by atoms with Gasteiger partial charge in [0.2, 0.25) is 10.0 Å². The summed E-state index contributed by atoms with van der Waals surface area (Å²) in [6.45, 7) is 3.23. The summed E-state index contributed by atoms with van der Waals surface area (Å²) < 4.78 is 26.0. The first-order valence-electron chi connectivity index (χ1n) is 6.55. The largest absolute Gasteiger partial charge is 0.302 e. The van der Waals surface area contributed by atoms with Crippen molar-refractivity contribution in [1.82, 2.24) is 4.31 Å². The SMILES string of the molecule is CC(=O)/C=C/CCN(CC=O)S(=O)(=O)c1ccc(C)cc1. The molecule has 0 saturated heterocycles. The van der Waals surface area contributed by atoms with E-state index in [0.717, 1.165) is 9.87 Å². The van der Waals surface area contributed by atoms with Crippen LogP contribution >= 0.6 is 0 Å². The highest BCUT2D eigenvalue weighted by Crippen LogP contribution is 2.16. The van der Waals surface area contributed by atoms with E-state index < -0.39 is 10.0 Å². The lowest BCUT2D eigenvalue weighted by Crippen LogP contribution is -2.33. The Labute approximate surface area is 125 Å². The number of nitrogens with zero attached hydrogens (tertiary/aromatic N) is 1. The fourth-order valence-corrected chi connectivity index (χ4v) is 3.10. The van der Waals surface area contributed by atoms with E-state index in [1.54, 1.807) is 18.2 Å². The molecule has 0 N–H and O–H groups in total. The zero-order chi connectivity index (χ0) is 15.9. The number of hydrogen-bond acceptors (Lipinski definition) is 4. The van der Waals surface area contributed by atoms with Gasteiger partial charge in [-0.25, -0.2) is 8.42 Å². The van der Waals surface area contributed by atoms with Gasteiger partial charge in [-0.05, 0) is 38.5 Å². The summed E-state index contributed by atoms with van der Waals surface area (Å²) in [5.74, 6) is -0.0988. The lowest BCUT2D eigenvalue weighted by molar-refractivity contribution is -0.112. The summed E-state index contributed by atoms with van der Waals surface area (Å²) in [5.41, 5.74) is 0.959. The summed E-state index contributed by atoms with van der Waals surface area (Å²) in [4.78, 5) is 21.7. The Morgan fingerprint density at radius 2 is 1.86 bits per heavy atom. The second kappa shape index (κ2) is 7.85. The van der Waals surface area contributed by atoms with Crippen molar-refractivity contribution in [3.8, 4) is 0 Å². The molecule has 21 heavy (non-hydrogen) atoms. The van der Waals surface area contributed by atoms with Gasteiger partial charge in [0.25, 0.3) is 0 Å². The Morgan fingerprint density at radius 3 is 2.38 bits per heavy atom. The normalized spacial score (nSPS) is 12.0. The lowest BCUT2D eigenvalue weighted by atomic mass is 10.2. The van der Waals surface area contributed by atoms with E-state index in [1.807, 2.05) is 6.92 Å². The number of carbonyl (C=O) groups excluding carboxylic acids is 2. The second-order valence-electron chi connectivity index (χ2n) is 4.64. The molecule has 0 saturated carbocycles. The Hall–Kier alpha value is -1.79. The van der Waals surface area contributed by atoms with Crippen LogP contribution in [0.5, 0.6) is 0 Å². The Morgan fingerprint density at radius 1 is 1.24 bits per heavy atom. The van der Waals surface area contributed by atoms with Crippen LogP contribution in [-0.2, 0) is 19.6 Å². The number of aryl methyl sites for hydroxylation is 1. The van der Waals surface area contributed by atoms with Crippen LogP contribution in [0.2, 0.25) is 0 Å². The molecule has 1 aromatic rings. The van der Waals surface area contributed by atoms with E-state index in [4.69, 9.17) is 0 Å². The van der Waals surface area contributed by atoms with E-state index in [-0.39, 0.29) is 23.8 Å². The molecule has 0 aliphatic rings. The molecule has 1 aromatic carbocycles. The highest BCUT2D eigenvalue weighted by molar-refractivity contribution is 7.89. The summed E-state index contributed by atoms with van der Waals surface area (Å²) in [5, 5.41) is 0. The number of carbonyl (C=O) groups is 2. The van der Waals surface area contributed by atoms with E-state index in [9.17, 15) is 18.0 Å². The topological polar surface area (TPSA) is 71.5 Å². The van der Waals surface area contributed by atoms with Crippen LogP contribution in [0.4, 0.5) is 0 Å². The molecule has 0 spiro atoms. The third-order valence-corrected chi connectivity index (χ3v) is 4.71. The lowest BCUT2D eigenvalue weighted by Gasteiger charge is -2.19. The number of benzene rings is 1. The van der Waals surface area contributed by atoms with Crippen molar-refractivity contribution >= 4 is 22.1 Å². The molecule has 5 nitrogen and oxygen atoms in total. The van der Waals surface area contributed by atoms with E-state index >= 15 is 0 Å².